The quantitative estimate of drug-likeness (QED) is 0.707. The highest BCUT2D eigenvalue weighted by Gasteiger charge is 2.41. The Balaban J connectivity index is 1.35. The number of likely N-dealkylation sites (tertiary alicyclic amines) is 1. The van der Waals surface area contributed by atoms with Gasteiger partial charge in [0.15, 0.2) is 0 Å². The third-order valence-electron chi connectivity index (χ3n) is 6.81. The molecule has 5 nitrogen and oxygen atoms in total. The van der Waals surface area contributed by atoms with E-state index < -0.39 is 5.41 Å². The smallest absolute Gasteiger partial charge is 0.235 e. The van der Waals surface area contributed by atoms with E-state index in [-0.39, 0.29) is 5.91 Å². The molecule has 0 aliphatic carbocycles. The Hall–Kier alpha value is -2.37. The van der Waals surface area contributed by atoms with Gasteiger partial charge in [-0.3, -0.25) is 9.69 Å². The second-order valence-corrected chi connectivity index (χ2v) is 8.77. The minimum absolute atomic E-state index is 0.0368. The predicted octanol–water partition coefficient (Wildman–Crippen LogP) is 4.63. The molecule has 5 heteroatoms. The number of hydrogen-bond donors (Lipinski definition) is 1. The molecule has 0 spiro atoms. The van der Waals surface area contributed by atoms with Crippen molar-refractivity contribution in [2.24, 2.45) is 0 Å². The van der Waals surface area contributed by atoms with Gasteiger partial charge in [-0.2, -0.15) is 0 Å². The first-order chi connectivity index (χ1) is 15.2. The van der Waals surface area contributed by atoms with Crippen LogP contribution in [0, 0.1) is 0 Å². The minimum Gasteiger partial charge on any atom is -0.492 e. The zero-order valence-corrected chi connectivity index (χ0v) is 18.5. The van der Waals surface area contributed by atoms with Crippen LogP contribution in [0.5, 0.6) is 5.75 Å². The molecule has 2 fully saturated rings. The molecule has 2 aliphatic rings. The van der Waals surface area contributed by atoms with E-state index in [0.717, 1.165) is 23.5 Å². The third kappa shape index (κ3) is 5.28. The summed E-state index contributed by atoms with van der Waals surface area (Å²) in [6.45, 7) is 6.32. The van der Waals surface area contributed by atoms with E-state index in [4.69, 9.17) is 9.47 Å². The van der Waals surface area contributed by atoms with Crippen molar-refractivity contribution in [3.8, 4) is 5.75 Å². The van der Waals surface area contributed by atoms with Gasteiger partial charge in [0, 0.05) is 31.5 Å². The van der Waals surface area contributed by atoms with Gasteiger partial charge < -0.3 is 14.8 Å². The van der Waals surface area contributed by atoms with Gasteiger partial charge >= 0.3 is 0 Å². The van der Waals surface area contributed by atoms with E-state index in [1.54, 1.807) is 0 Å². The van der Waals surface area contributed by atoms with Gasteiger partial charge in [0.05, 0.1) is 5.41 Å². The fourth-order valence-corrected chi connectivity index (χ4v) is 4.78. The first kappa shape index (κ1) is 21.8. The molecule has 2 heterocycles. The van der Waals surface area contributed by atoms with Crippen LogP contribution in [0.15, 0.2) is 54.6 Å². The summed E-state index contributed by atoms with van der Waals surface area (Å²) >= 11 is 0. The first-order valence-corrected chi connectivity index (χ1v) is 11.6. The lowest BCUT2D eigenvalue weighted by Gasteiger charge is -2.36. The molecule has 0 aromatic heterocycles. The molecular formula is C26H34N2O3. The average molecular weight is 423 g/mol. The number of nitrogens with one attached hydrogen (secondary N) is 1. The molecule has 1 N–H and O–H groups in total. The summed E-state index contributed by atoms with van der Waals surface area (Å²) in [6, 6.07) is 18.5. The van der Waals surface area contributed by atoms with Gasteiger partial charge in [-0.15, -0.1) is 0 Å². The van der Waals surface area contributed by atoms with Gasteiger partial charge in [0.1, 0.15) is 12.4 Å². The largest absolute Gasteiger partial charge is 0.492 e. The SMILES string of the molecule is C[C@H]1CCCCN1CCOc1ccc(NC(=O)C2(c3ccccc3)CCOCC2)cc1. The van der Waals surface area contributed by atoms with Crippen molar-refractivity contribution in [3.63, 3.8) is 0 Å². The van der Waals surface area contributed by atoms with E-state index in [1.165, 1.54) is 25.8 Å². The number of hydrogen-bond acceptors (Lipinski definition) is 4. The van der Waals surface area contributed by atoms with E-state index in [1.807, 2.05) is 54.6 Å². The molecule has 2 aliphatic heterocycles. The molecule has 2 saturated heterocycles. The number of benzene rings is 2. The second kappa shape index (κ2) is 10.3. The summed E-state index contributed by atoms with van der Waals surface area (Å²) in [6.07, 6.45) is 5.29. The van der Waals surface area contributed by atoms with Crippen molar-refractivity contribution in [3.05, 3.63) is 60.2 Å². The van der Waals surface area contributed by atoms with Crippen LogP contribution in [0.2, 0.25) is 0 Å². The lowest BCUT2D eigenvalue weighted by atomic mass is 9.73. The van der Waals surface area contributed by atoms with Crippen molar-refractivity contribution in [1.82, 2.24) is 4.90 Å². The first-order valence-electron chi connectivity index (χ1n) is 11.6. The number of rotatable bonds is 7. The van der Waals surface area contributed by atoms with Crippen LogP contribution in [0.1, 0.15) is 44.6 Å². The van der Waals surface area contributed by atoms with Crippen molar-refractivity contribution < 1.29 is 14.3 Å². The van der Waals surface area contributed by atoms with Crippen LogP contribution in [0.3, 0.4) is 0 Å². The Bertz CT molecular complexity index is 831. The third-order valence-corrected chi connectivity index (χ3v) is 6.81. The Labute approximate surface area is 185 Å². The maximum absolute atomic E-state index is 13.3. The summed E-state index contributed by atoms with van der Waals surface area (Å²) in [4.78, 5) is 15.9. The summed E-state index contributed by atoms with van der Waals surface area (Å²) in [5.74, 6) is 0.876. The fraction of sp³-hybridized carbons (Fsp3) is 0.500. The molecule has 0 radical (unpaired) electrons. The highest BCUT2D eigenvalue weighted by molar-refractivity contribution is 5.99. The molecule has 31 heavy (non-hydrogen) atoms. The van der Waals surface area contributed by atoms with Gasteiger partial charge in [0.2, 0.25) is 5.91 Å². The lowest BCUT2D eigenvalue weighted by molar-refractivity contribution is -0.125. The summed E-state index contributed by atoms with van der Waals surface area (Å²) in [7, 11) is 0. The molecule has 2 aromatic carbocycles. The van der Waals surface area contributed by atoms with Crippen LogP contribution in [-0.2, 0) is 14.9 Å². The molecular weight excluding hydrogens is 388 g/mol. The molecule has 0 bridgehead atoms. The number of piperidine rings is 1. The molecule has 1 amide bonds. The molecule has 166 valence electrons. The maximum Gasteiger partial charge on any atom is 0.235 e. The molecule has 1 atom stereocenters. The highest BCUT2D eigenvalue weighted by Crippen LogP contribution is 2.36. The Kier molecular flexibility index (Phi) is 7.25. The van der Waals surface area contributed by atoms with E-state index in [0.29, 0.717) is 38.7 Å². The number of carbonyl (C=O) groups excluding carboxylic acids is 1. The molecule has 4 rings (SSSR count). The van der Waals surface area contributed by atoms with Crippen LogP contribution in [-0.4, -0.2) is 49.8 Å². The van der Waals surface area contributed by atoms with E-state index in [2.05, 4.69) is 17.1 Å². The number of amides is 1. The number of anilines is 1. The average Bonchev–Trinajstić information content (AvgIpc) is 2.82. The van der Waals surface area contributed by atoms with E-state index >= 15 is 0 Å². The van der Waals surface area contributed by atoms with Crippen molar-refractivity contribution in [2.75, 3.05) is 38.2 Å². The second-order valence-electron chi connectivity index (χ2n) is 8.77. The van der Waals surface area contributed by atoms with Gasteiger partial charge in [-0.05, 0) is 69.0 Å². The van der Waals surface area contributed by atoms with Gasteiger partial charge in [-0.25, -0.2) is 0 Å². The van der Waals surface area contributed by atoms with Gasteiger partial charge in [-0.1, -0.05) is 36.8 Å². The van der Waals surface area contributed by atoms with Crippen molar-refractivity contribution >= 4 is 11.6 Å². The number of carbonyl (C=O) groups is 1. The monoisotopic (exact) mass is 422 g/mol. The van der Waals surface area contributed by atoms with Crippen molar-refractivity contribution in [1.29, 1.82) is 0 Å². The van der Waals surface area contributed by atoms with Gasteiger partial charge in [0.25, 0.3) is 0 Å². The normalized spacial score (nSPS) is 21.4. The minimum atomic E-state index is -0.542. The molecule has 0 unspecified atom stereocenters. The van der Waals surface area contributed by atoms with Crippen LogP contribution < -0.4 is 10.1 Å². The Morgan fingerprint density at radius 1 is 1.10 bits per heavy atom. The lowest BCUT2D eigenvalue weighted by Crippen LogP contribution is -2.44. The zero-order chi connectivity index (χ0) is 21.5. The topological polar surface area (TPSA) is 50.8 Å². The Morgan fingerprint density at radius 3 is 2.55 bits per heavy atom. The van der Waals surface area contributed by atoms with Crippen LogP contribution in [0.4, 0.5) is 5.69 Å². The predicted molar refractivity (Wildman–Crippen MR) is 124 cm³/mol. The van der Waals surface area contributed by atoms with Crippen LogP contribution in [0.25, 0.3) is 0 Å². The summed E-state index contributed by atoms with van der Waals surface area (Å²) in [5.41, 5.74) is 1.31. The summed E-state index contributed by atoms with van der Waals surface area (Å²) < 4.78 is 11.5. The van der Waals surface area contributed by atoms with Crippen LogP contribution >= 0.6 is 0 Å². The Morgan fingerprint density at radius 2 is 1.84 bits per heavy atom. The summed E-state index contributed by atoms with van der Waals surface area (Å²) in [5, 5.41) is 3.13. The fourth-order valence-electron chi connectivity index (χ4n) is 4.78. The molecule has 2 aromatic rings. The highest BCUT2D eigenvalue weighted by atomic mass is 16.5. The zero-order valence-electron chi connectivity index (χ0n) is 18.5. The standard InChI is InChI=1S/C26H34N2O3/c1-21-7-5-6-16-28(21)17-20-31-24-12-10-23(11-13-24)27-25(29)26(14-18-30-19-15-26)22-8-3-2-4-9-22/h2-4,8-13,21H,5-7,14-20H2,1H3,(H,27,29)/t21-/m0/s1. The number of nitrogens with zero attached hydrogens (tertiary/aromatic N) is 1. The van der Waals surface area contributed by atoms with Crippen molar-refractivity contribution in [2.45, 2.75) is 50.5 Å². The van der Waals surface area contributed by atoms with E-state index in [9.17, 15) is 4.79 Å². The number of ether oxygens (including phenoxy) is 2. The molecule has 0 saturated carbocycles. The maximum atomic E-state index is 13.3.